The molecule has 186 valence electrons. The van der Waals surface area contributed by atoms with Crippen LogP contribution in [-0.2, 0) is 6.18 Å². The van der Waals surface area contributed by atoms with E-state index in [0.29, 0.717) is 36.5 Å². The quantitative estimate of drug-likeness (QED) is 0.396. The van der Waals surface area contributed by atoms with Crippen molar-refractivity contribution < 1.29 is 22.4 Å². The molecule has 5 nitrogen and oxygen atoms in total. The molecule has 1 aliphatic rings. The molecule has 0 radical (unpaired) electrons. The normalized spacial score (nSPS) is 13.9. The first-order valence-corrected chi connectivity index (χ1v) is 11.5. The van der Waals surface area contributed by atoms with E-state index < -0.39 is 23.6 Å². The predicted molar refractivity (Wildman–Crippen MR) is 130 cm³/mol. The van der Waals surface area contributed by atoms with E-state index in [4.69, 9.17) is 5.26 Å². The van der Waals surface area contributed by atoms with Gasteiger partial charge in [-0.15, -0.1) is 0 Å². The number of carbonyl (C=O) groups is 1. The zero-order chi connectivity index (χ0) is 25.7. The number of rotatable bonds is 6. The van der Waals surface area contributed by atoms with Crippen molar-refractivity contribution in [3.05, 3.63) is 83.7 Å². The molecular weight excluding hydrogens is 472 g/mol. The molecule has 9 heteroatoms. The van der Waals surface area contributed by atoms with Crippen LogP contribution in [0.25, 0.3) is 11.1 Å². The SMILES string of the molecule is N#Cc1cccc(-c2ccc(N(CCN3CCCC3)C(=O)Nc3ccc(C(F)(F)F)c(F)c3)cc2)c1. The molecule has 0 spiro atoms. The van der Waals surface area contributed by atoms with Crippen molar-refractivity contribution in [1.29, 1.82) is 5.26 Å². The predicted octanol–water partition coefficient (Wildman–Crippen LogP) is 6.52. The van der Waals surface area contributed by atoms with Gasteiger partial charge in [0.2, 0.25) is 0 Å². The molecule has 0 aliphatic carbocycles. The highest BCUT2D eigenvalue weighted by molar-refractivity contribution is 6.01. The number of nitrogens with zero attached hydrogens (tertiary/aromatic N) is 3. The summed E-state index contributed by atoms with van der Waals surface area (Å²) >= 11 is 0. The molecule has 36 heavy (non-hydrogen) atoms. The molecule has 3 aromatic rings. The van der Waals surface area contributed by atoms with E-state index in [1.165, 1.54) is 4.90 Å². The third-order valence-corrected chi connectivity index (χ3v) is 6.11. The summed E-state index contributed by atoms with van der Waals surface area (Å²) in [6.45, 7) is 2.85. The van der Waals surface area contributed by atoms with Gasteiger partial charge in [-0.2, -0.15) is 18.4 Å². The maximum atomic E-state index is 14.0. The zero-order valence-electron chi connectivity index (χ0n) is 19.4. The minimum absolute atomic E-state index is 0.0680. The van der Waals surface area contributed by atoms with Gasteiger partial charge in [0.05, 0.1) is 17.2 Å². The molecule has 1 N–H and O–H groups in total. The van der Waals surface area contributed by atoms with Crippen LogP contribution < -0.4 is 10.2 Å². The largest absolute Gasteiger partial charge is 0.419 e. The van der Waals surface area contributed by atoms with E-state index in [2.05, 4.69) is 16.3 Å². The van der Waals surface area contributed by atoms with Crippen LogP contribution in [0.4, 0.5) is 33.7 Å². The molecule has 4 rings (SSSR count). The Morgan fingerprint density at radius 3 is 2.36 bits per heavy atom. The molecular formula is C27H24F4N4O. The van der Waals surface area contributed by atoms with E-state index in [-0.39, 0.29) is 5.69 Å². The average molecular weight is 497 g/mol. The minimum Gasteiger partial charge on any atom is -0.307 e. The topological polar surface area (TPSA) is 59.4 Å². The summed E-state index contributed by atoms with van der Waals surface area (Å²) in [7, 11) is 0. The Hall–Kier alpha value is -3.90. The first-order valence-electron chi connectivity index (χ1n) is 11.5. The summed E-state index contributed by atoms with van der Waals surface area (Å²) in [6, 6.07) is 18.2. The van der Waals surface area contributed by atoms with Gasteiger partial charge in [-0.3, -0.25) is 4.90 Å². The van der Waals surface area contributed by atoms with Gasteiger partial charge in [-0.05, 0) is 79.5 Å². The lowest BCUT2D eigenvalue weighted by Gasteiger charge is -2.26. The number of hydrogen-bond acceptors (Lipinski definition) is 3. The molecule has 0 unspecified atom stereocenters. The number of nitrogens with one attached hydrogen (secondary N) is 1. The Morgan fingerprint density at radius 2 is 1.72 bits per heavy atom. The molecule has 0 saturated carbocycles. The van der Waals surface area contributed by atoms with Gasteiger partial charge < -0.3 is 10.2 Å². The highest BCUT2D eigenvalue weighted by atomic mass is 19.4. The highest BCUT2D eigenvalue weighted by Gasteiger charge is 2.34. The van der Waals surface area contributed by atoms with Crippen LogP contribution in [0.1, 0.15) is 24.0 Å². The van der Waals surface area contributed by atoms with Crippen molar-refractivity contribution in [2.24, 2.45) is 0 Å². The van der Waals surface area contributed by atoms with Crippen molar-refractivity contribution in [2.75, 3.05) is 36.4 Å². The second-order valence-corrected chi connectivity index (χ2v) is 8.56. The molecule has 2 amide bonds. The van der Waals surface area contributed by atoms with E-state index in [0.717, 1.165) is 43.1 Å². The molecule has 0 atom stereocenters. The van der Waals surface area contributed by atoms with E-state index in [1.807, 2.05) is 18.2 Å². The Labute approximate surface area is 206 Å². The molecule has 0 aromatic heterocycles. The van der Waals surface area contributed by atoms with Crippen molar-refractivity contribution in [3.63, 3.8) is 0 Å². The Morgan fingerprint density at radius 1 is 1.00 bits per heavy atom. The maximum Gasteiger partial charge on any atom is 0.419 e. The third-order valence-electron chi connectivity index (χ3n) is 6.11. The van der Waals surface area contributed by atoms with E-state index >= 15 is 0 Å². The number of halogens is 4. The number of hydrogen-bond donors (Lipinski definition) is 1. The summed E-state index contributed by atoms with van der Waals surface area (Å²) in [5.41, 5.74) is 1.38. The maximum absolute atomic E-state index is 14.0. The van der Waals surface area contributed by atoms with E-state index in [1.54, 1.807) is 30.3 Å². The fourth-order valence-corrected chi connectivity index (χ4v) is 4.21. The number of urea groups is 1. The summed E-state index contributed by atoms with van der Waals surface area (Å²) in [5.74, 6) is -1.45. The Balaban J connectivity index is 1.56. The van der Waals surface area contributed by atoms with Gasteiger partial charge in [0.15, 0.2) is 0 Å². The second-order valence-electron chi connectivity index (χ2n) is 8.56. The molecule has 0 bridgehead atoms. The molecule has 1 heterocycles. The number of carbonyl (C=O) groups excluding carboxylic acids is 1. The van der Waals surface area contributed by atoms with Gasteiger partial charge in [0.25, 0.3) is 0 Å². The van der Waals surface area contributed by atoms with Gasteiger partial charge in [0.1, 0.15) is 5.82 Å². The first kappa shape index (κ1) is 25.2. The van der Waals surface area contributed by atoms with Crippen molar-refractivity contribution in [3.8, 4) is 17.2 Å². The number of benzene rings is 3. The lowest BCUT2D eigenvalue weighted by Crippen LogP contribution is -2.40. The summed E-state index contributed by atoms with van der Waals surface area (Å²) in [6.07, 6.45) is -2.64. The lowest BCUT2D eigenvalue weighted by molar-refractivity contribution is -0.139. The highest BCUT2D eigenvalue weighted by Crippen LogP contribution is 2.32. The van der Waals surface area contributed by atoms with Crippen LogP contribution in [0.5, 0.6) is 0 Å². The average Bonchev–Trinajstić information content (AvgIpc) is 3.37. The smallest absolute Gasteiger partial charge is 0.307 e. The number of amides is 2. The minimum atomic E-state index is -4.82. The summed E-state index contributed by atoms with van der Waals surface area (Å²) in [4.78, 5) is 16.9. The van der Waals surface area contributed by atoms with Crippen molar-refractivity contribution in [1.82, 2.24) is 4.90 Å². The zero-order valence-corrected chi connectivity index (χ0v) is 19.4. The molecule has 1 fully saturated rings. The lowest BCUT2D eigenvalue weighted by atomic mass is 10.0. The number of likely N-dealkylation sites (tertiary alicyclic amines) is 1. The van der Waals surface area contributed by atoms with Crippen LogP contribution in [0.15, 0.2) is 66.7 Å². The molecule has 1 saturated heterocycles. The second kappa shape index (κ2) is 10.8. The number of nitriles is 1. The molecule has 3 aromatic carbocycles. The standard InChI is InChI=1S/C27H24F4N4O/c28-25-17-22(8-11-24(25)27(29,30)31)33-26(36)35(15-14-34-12-1-2-13-34)23-9-6-20(7-10-23)21-5-3-4-19(16-21)18-32/h3-11,16-17H,1-2,12-15H2,(H,33,36). The van der Waals surface area contributed by atoms with Crippen molar-refractivity contribution >= 4 is 17.4 Å². The summed E-state index contributed by atoms with van der Waals surface area (Å²) < 4.78 is 52.7. The van der Waals surface area contributed by atoms with Crippen LogP contribution in [0, 0.1) is 17.1 Å². The summed E-state index contributed by atoms with van der Waals surface area (Å²) in [5, 5.41) is 11.7. The van der Waals surface area contributed by atoms with E-state index in [9.17, 15) is 22.4 Å². The van der Waals surface area contributed by atoms with Gasteiger partial charge in [-0.25, -0.2) is 9.18 Å². The van der Waals surface area contributed by atoms with Crippen LogP contribution in [-0.4, -0.2) is 37.1 Å². The van der Waals surface area contributed by atoms with Gasteiger partial charge >= 0.3 is 12.2 Å². The third kappa shape index (κ3) is 6.01. The monoisotopic (exact) mass is 496 g/mol. The van der Waals surface area contributed by atoms with Crippen LogP contribution in [0.3, 0.4) is 0 Å². The first-order chi connectivity index (χ1) is 17.2. The fraction of sp³-hybridized carbons (Fsp3) is 0.259. The Bertz CT molecular complexity index is 1260. The number of alkyl halides is 3. The van der Waals surface area contributed by atoms with Gasteiger partial charge in [0, 0.05) is 24.5 Å². The van der Waals surface area contributed by atoms with Crippen LogP contribution >= 0.6 is 0 Å². The van der Waals surface area contributed by atoms with Gasteiger partial charge in [-0.1, -0.05) is 24.3 Å². The number of anilines is 2. The molecule has 1 aliphatic heterocycles. The fourth-order valence-electron chi connectivity index (χ4n) is 4.21. The Kier molecular flexibility index (Phi) is 7.55. The van der Waals surface area contributed by atoms with Crippen LogP contribution in [0.2, 0.25) is 0 Å². The van der Waals surface area contributed by atoms with Crippen molar-refractivity contribution in [2.45, 2.75) is 19.0 Å².